The lowest BCUT2D eigenvalue weighted by atomic mass is 9.54. The first kappa shape index (κ1) is 37.5. The molecule has 0 saturated heterocycles. The van der Waals surface area contributed by atoms with Crippen LogP contribution < -0.4 is 0 Å². The van der Waals surface area contributed by atoms with Gasteiger partial charge in [-0.15, -0.1) is 0 Å². The van der Waals surface area contributed by atoms with Crippen LogP contribution in [-0.4, -0.2) is 51.5 Å². The van der Waals surface area contributed by atoms with Crippen molar-refractivity contribution in [2.45, 2.75) is 67.5 Å². The van der Waals surface area contributed by atoms with Crippen LogP contribution in [0.25, 0.3) is 10.8 Å². The summed E-state index contributed by atoms with van der Waals surface area (Å²) in [6, 6.07) is 0. The molecule has 2 unspecified atom stereocenters. The second-order valence-corrected chi connectivity index (χ2v) is 17.0. The standard InChI is InChI=1S/C26H16F17O4S2/c27-13-10-11(16(30)19(33)18(32)15(10)29)14(28)17(31)12(13)20(48(44,45)7-23(24(35,36)37,25(38,39)40)26(41,42)43)49(46,47)22-4-8-1-9(5-22)3-21(34,2-8)6-22/h8-9H,1-7H2/q-1. The summed E-state index contributed by atoms with van der Waals surface area (Å²) < 4.78 is 293. The van der Waals surface area contributed by atoms with Crippen molar-refractivity contribution in [3.8, 4) is 0 Å². The number of hydrogen-bond donors (Lipinski definition) is 0. The summed E-state index contributed by atoms with van der Waals surface area (Å²) in [6.45, 7) is 0. The van der Waals surface area contributed by atoms with Crippen molar-refractivity contribution in [2.75, 3.05) is 5.75 Å². The number of fused-ring (bicyclic) bond motifs is 1. The summed E-state index contributed by atoms with van der Waals surface area (Å²) in [5, 5.41) is -5.22. The average Bonchev–Trinajstić information content (AvgIpc) is 2.89. The van der Waals surface area contributed by atoms with Crippen molar-refractivity contribution in [1.29, 1.82) is 0 Å². The minimum Gasteiger partial charge on any atom is -0.283 e. The highest BCUT2D eigenvalue weighted by atomic mass is 32.3. The van der Waals surface area contributed by atoms with Crippen molar-refractivity contribution in [1.82, 2.24) is 0 Å². The Kier molecular flexibility index (Phi) is 8.16. The first-order valence-corrected chi connectivity index (χ1v) is 16.6. The number of rotatable bonds is 6. The zero-order valence-corrected chi connectivity index (χ0v) is 25.1. The molecule has 0 amide bonds. The SMILES string of the molecule is O=S(=O)(CC(C(F)(F)F)(C(F)(F)F)C(F)(F)F)[C-](c1c(F)c(F)c2c(F)c(F)c(F)c(F)c2c1F)S(=O)(=O)C12CC3CC(CC(F)(C3)C1)C2. The van der Waals surface area contributed by atoms with E-state index in [-0.39, 0.29) is 6.42 Å². The van der Waals surface area contributed by atoms with Crippen molar-refractivity contribution in [3.63, 3.8) is 0 Å². The fraction of sp³-hybridized carbons (Fsp3) is 0.577. The van der Waals surface area contributed by atoms with Crippen LogP contribution in [0.4, 0.5) is 74.6 Å². The molecule has 23 heteroatoms. The van der Waals surface area contributed by atoms with Gasteiger partial charge in [0.15, 0.2) is 23.3 Å². The third-order valence-corrected chi connectivity index (χ3v) is 14.7. The van der Waals surface area contributed by atoms with Gasteiger partial charge in [0, 0.05) is 23.0 Å². The highest BCUT2D eigenvalue weighted by Gasteiger charge is 2.85. The predicted molar refractivity (Wildman–Crippen MR) is 131 cm³/mol. The minimum absolute atomic E-state index is 0.00695. The molecule has 2 aromatic rings. The van der Waals surface area contributed by atoms with Gasteiger partial charge in [-0.2, -0.15) is 39.5 Å². The van der Waals surface area contributed by atoms with Gasteiger partial charge in [-0.05, 0) is 43.9 Å². The van der Waals surface area contributed by atoms with Crippen LogP contribution in [-0.2, 0) is 19.7 Å². The van der Waals surface area contributed by atoms with Crippen LogP contribution >= 0.6 is 0 Å². The summed E-state index contributed by atoms with van der Waals surface area (Å²) in [5.74, 6) is -28.5. The first-order valence-electron chi connectivity index (χ1n) is 13.5. The molecule has 0 aliphatic heterocycles. The summed E-state index contributed by atoms with van der Waals surface area (Å²) in [6.07, 6.45) is -27.2. The molecule has 6 rings (SSSR count). The Labute approximate surface area is 263 Å². The van der Waals surface area contributed by atoms with Gasteiger partial charge in [-0.25, -0.2) is 43.2 Å². The minimum atomic E-state index is -7.73. The van der Waals surface area contributed by atoms with Crippen LogP contribution in [0.5, 0.6) is 0 Å². The van der Waals surface area contributed by atoms with E-state index in [1.54, 1.807) is 0 Å². The Balaban J connectivity index is 1.92. The number of sulfone groups is 2. The van der Waals surface area contributed by atoms with E-state index in [1.807, 2.05) is 0 Å². The second-order valence-electron chi connectivity index (χ2n) is 12.6. The van der Waals surface area contributed by atoms with E-state index in [1.165, 1.54) is 0 Å². The van der Waals surface area contributed by atoms with Gasteiger partial charge in [-0.1, -0.05) is 5.56 Å². The molecule has 0 spiro atoms. The normalized spacial score (nSPS) is 26.6. The van der Waals surface area contributed by atoms with Crippen LogP contribution in [0.1, 0.15) is 44.1 Å². The third-order valence-electron chi connectivity index (χ3n) is 9.43. The van der Waals surface area contributed by atoms with E-state index in [2.05, 4.69) is 0 Å². The first-order chi connectivity index (χ1) is 21.9. The van der Waals surface area contributed by atoms with Gasteiger partial charge >= 0.3 is 18.5 Å². The molecule has 0 radical (unpaired) electrons. The van der Waals surface area contributed by atoms with Gasteiger partial charge in [0.1, 0.15) is 31.2 Å². The Hall–Kier alpha value is -2.72. The largest absolute Gasteiger partial charge is 0.413 e. The molecule has 0 N–H and O–H groups in total. The van der Waals surface area contributed by atoms with Gasteiger partial charge in [0.25, 0.3) is 5.41 Å². The molecule has 4 nitrogen and oxygen atoms in total. The number of halogens is 17. The number of hydrogen-bond acceptors (Lipinski definition) is 4. The van der Waals surface area contributed by atoms with E-state index in [4.69, 9.17) is 0 Å². The number of benzene rings is 2. The summed E-state index contributed by atoms with van der Waals surface area (Å²) >= 11 is 0. The maximum absolute atomic E-state index is 16.0. The maximum atomic E-state index is 16.0. The molecular formula is C26H16F17O4S2-. The molecule has 276 valence electrons. The highest BCUT2D eigenvalue weighted by molar-refractivity contribution is 8.13. The summed E-state index contributed by atoms with van der Waals surface area (Å²) in [7, 11) is -14.4. The third kappa shape index (κ3) is 5.07. The van der Waals surface area contributed by atoms with Gasteiger partial charge in [0.2, 0.25) is 0 Å². The Morgan fingerprint density at radius 1 is 0.592 bits per heavy atom. The van der Waals surface area contributed by atoms with E-state index in [0.29, 0.717) is 0 Å². The molecule has 4 bridgehead atoms. The lowest BCUT2D eigenvalue weighted by molar-refractivity contribution is -0.418. The van der Waals surface area contributed by atoms with E-state index in [9.17, 15) is 73.9 Å². The molecule has 2 aromatic carbocycles. The molecule has 4 saturated carbocycles. The Bertz CT molecular complexity index is 1920. The van der Waals surface area contributed by atoms with Gasteiger partial charge in [-0.3, -0.25) is 8.78 Å². The number of alkyl halides is 10. The Morgan fingerprint density at radius 3 is 1.37 bits per heavy atom. The smallest absolute Gasteiger partial charge is 0.283 e. The molecule has 0 aromatic heterocycles. The molecule has 2 atom stereocenters. The molecule has 4 fully saturated rings. The fourth-order valence-corrected chi connectivity index (χ4v) is 13.7. The van der Waals surface area contributed by atoms with Crippen molar-refractivity contribution in [3.05, 3.63) is 50.9 Å². The lowest BCUT2D eigenvalue weighted by Crippen LogP contribution is -2.64. The van der Waals surface area contributed by atoms with Crippen molar-refractivity contribution in [2.24, 2.45) is 17.3 Å². The second kappa shape index (κ2) is 10.7. The molecule has 4 aliphatic carbocycles. The molecule has 0 heterocycles. The monoisotopic (exact) mass is 779 g/mol. The zero-order valence-electron chi connectivity index (χ0n) is 23.5. The van der Waals surface area contributed by atoms with Crippen LogP contribution in [0.3, 0.4) is 0 Å². The maximum Gasteiger partial charge on any atom is 0.413 e. The molecule has 49 heavy (non-hydrogen) atoms. The average molecular weight is 780 g/mol. The lowest BCUT2D eigenvalue weighted by Gasteiger charge is -2.59. The molecule has 4 aliphatic rings. The van der Waals surface area contributed by atoms with E-state index < -0.39 is 165 Å². The quantitative estimate of drug-likeness (QED) is 0.128. The Morgan fingerprint density at radius 2 is 0.980 bits per heavy atom. The summed E-state index contributed by atoms with van der Waals surface area (Å²) in [4.78, 5) is 0. The fourth-order valence-electron chi connectivity index (χ4n) is 7.78. The van der Waals surface area contributed by atoms with Crippen molar-refractivity contribution >= 4 is 30.4 Å². The van der Waals surface area contributed by atoms with Gasteiger partial charge in [0.05, 0.1) is 20.9 Å². The van der Waals surface area contributed by atoms with Crippen LogP contribution in [0, 0.1) is 62.6 Å². The van der Waals surface area contributed by atoms with Crippen LogP contribution in [0.2, 0.25) is 0 Å². The van der Waals surface area contributed by atoms with E-state index >= 15 is 17.6 Å². The zero-order chi connectivity index (χ0) is 37.5. The van der Waals surface area contributed by atoms with Crippen molar-refractivity contribution < 1.29 is 91.5 Å². The predicted octanol–water partition coefficient (Wildman–Crippen LogP) is 8.21. The van der Waals surface area contributed by atoms with E-state index in [0.717, 1.165) is 0 Å². The van der Waals surface area contributed by atoms with Crippen LogP contribution in [0.15, 0.2) is 0 Å². The summed E-state index contributed by atoms with van der Waals surface area (Å²) in [5.41, 5.74) is -13.2. The highest BCUT2D eigenvalue weighted by Crippen LogP contribution is 2.65. The topological polar surface area (TPSA) is 68.3 Å². The van der Waals surface area contributed by atoms with Gasteiger partial charge < -0.3 is 0 Å². The molecular weight excluding hydrogens is 763 g/mol.